The maximum absolute atomic E-state index is 13.1. The maximum Gasteiger partial charge on any atom is 0.230 e. The van der Waals surface area contributed by atoms with E-state index in [1.807, 2.05) is 18.7 Å². The van der Waals surface area contributed by atoms with Gasteiger partial charge >= 0.3 is 0 Å². The third-order valence-electron chi connectivity index (χ3n) is 5.51. The van der Waals surface area contributed by atoms with Crippen LogP contribution in [-0.4, -0.2) is 39.2 Å². The van der Waals surface area contributed by atoms with Crippen molar-refractivity contribution in [3.05, 3.63) is 53.0 Å². The lowest BCUT2D eigenvalue weighted by Crippen LogP contribution is -2.38. The summed E-state index contributed by atoms with van der Waals surface area (Å²) in [5, 5.41) is 7.95. The van der Waals surface area contributed by atoms with Crippen molar-refractivity contribution in [1.29, 1.82) is 0 Å². The molecule has 1 aliphatic heterocycles. The monoisotopic (exact) mass is 398 g/mol. The zero-order valence-electron chi connectivity index (χ0n) is 16.5. The van der Waals surface area contributed by atoms with Crippen molar-refractivity contribution in [2.45, 2.75) is 45.4 Å². The Labute approximate surface area is 167 Å². The van der Waals surface area contributed by atoms with E-state index in [1.54, 1.807) is 12.1 Å². The average molecular weight is 398 g/mol. The molecule has 3 heterocycles. The third-order valence-corrected chi connectivity index (χ3v) is 5.51. The van der Waals surface area contributed by atoms with Crippen LogP contribution >= 0.6 is 0 Å². The largest absolute Gasteiger partial charge is 0.361 e. The fourth-order valence-electron chi connectivity index (χ4n) is 3.74. The molecule has 0 radical (unpaired) electrons. The Hall–Kier alpha value is -3.03. The van der Waals surface area contributed by atoms with Crippen molar-refractivity contribution < 1.29 is 18.2 Å². The van der Waals surface area contributed by atoms with Crippen LogP contribution in [0.3, 0.4) is 0 Å². The molecule has 0 unspecified atom stereocenters. The number of carbonyl (C=O) groups excluding carboxylic acids is 1. The molecule has 2 aromatic heterocycles. The van der Waals surface area contributed by atoms with Crippen LogP contribution in [0.15, 0.2) is 33.3 Å². The van der Waals surface area contributed by atoms with E-state index in [2.05, 4.69) is 15.3 Å². The van der Waals surface area contributed by atoms with Gasteiger partial charge in [0.25, 0.3) is 0 Å². The highest BCUT2D eigenvalue weighted by molar-refractivity contribution is 5.76. The predicted octanol–water partition coefficient (Wildman–Crippen LogP) is 3.82. The van der Waals surface area contributed by atoms with Crippen molar-refractivity contribution in [3.8, 4) is 11.4 Å². The topological polar surface area (TPSA) is 85.3 Å². The molecule has 0 N–H and O–H groups in total. The number of carbonyl (C=O) groups is 1. The molecule has 8 heteroatoms. The second-order valence-corrected chi connectivity index (χ2v) is 7.42. The normalized spacial score (nSPS) is 15.1. The molecule has 0 aliphatic carbocycles. The molecule has 1 saturated heterocycles. The lowest BCUT2D eigenvalue weighted by Gasteiger charge is -2.30. The quantitative estimate of drug-likeness (QED) is 0.650. The van der Waals surface area contributed by atoms with Crippen LogP contribution in [0.1, 0.15) is 48.1 Å². The van der Waals surface area contributed by atoms with Crippen LogP contribution in [-0.2, 0) is 11.2 Å². The van der Waals surface area contributed by atoms with Gasteiger partial charge in [0.05, 0.1) is 5.69 Å². The number of benzene rings is 1. The first-order valence-electron chi connectivity index (χ1n) is 9.80. The Bertz CT molecular complexity index is 968. The maximum atomic E-state index is 13.1. The van der Waals surface area contributed by atoms with Crippen LogP contribution in [0, 0.1) is 19.7 Å². The summed E-state index contributed by atoms with van der Waals surface area (Å²) in [5.41, 5.74) is 2.59. The fourth-order valence-corrected chi connectivity index (χ4v) is 3.74. The zero-order valence-corrected chi connectivity index (χ0v) is 16.5. The zero-order chi connectivity index (χ0) is 20.4. The van der Waals surface area contributed by atoms with Gasteiger partial charge in [-0.05, 0) is 57.4 Å². The first-order valence-corrected chi connectivity index (χ1v) is 9.80. The van der Waals surface area contributed by atoms with Crippen LogP contribution in [0.25, 0.3) is 11.4 Å². The van der Waals surface area contributed by atoms with E-state index >= 15 is 0 Å². The minimum atomic E-state index is -0.302. The Morgan fingerprint density at radius 3 is 2.52 bits per heavy atom. The summed E-state index contributed by atoms with van der Waals surface area (Å²) < 4.78 is 23.7. The number of aryl methyl sites for hydroxylation is 2. The number of hydrogen-bond acceptors (Lipinski definition) is 6. The van der Waals surface area contributed by atoms with E-state index in [4.69, 9.17) is 9.05 Å². The lowest BCUT2D eigenvalue weighted by atomic mass is 9.96. The first-order chi connectivity index (χ1) is 14.0. The van der Waals surface area contributed by atoms with Crippen LogP contribution in [0.2, 0.25) is 0 Å². The van der Waals surface area contributed by atoms with Crippen LogP contribution in [0.4, 0.5) is 4.39 Å². The SMILES string of the molecule is Cc1noc(C)c1CCC(=O)N1CCC(c2nc(-c3ccc(F)cc3)no2)CC1. The lowest BCUT2D eigenvalue weighted by molar-refractivity contribution is -0.132. The summed E-state index contributed by atoms with van der Waals surface area (Å²) in [7, 11) is 0. The molecule has 0 bridgehead atoms. The van der Waals surface area contributed by atoms with Gasteiger partial charge < -0.3 is 13.9 Å². The van der Waals surface area contributed by atoms with Gasteiger partial charge in [0, 0.05) is 36.6 Å². The van der Waals surface area contributed by atoms with Gasteiger partial charge in [-0.25, -0.2) is 4.39 Å². The van der Waals surface area contributed by atoms with Crippen molar-refractivity contribution in [3.63, 3.8) is 0 Å². The minimum absolute atomic E-state index is 0.128. The minimum Gasteiger partial charge on any atom is -0.361 e. The van der Waals surface area contributed by atoms with Gasteiger partial charge in [0.15, 0.2) is 0 Å². The number of rotatable bonds is 5. The summed E-state index contributed by atoms with van der Waals surface area (Å²) >= 11 is 0. The highest BCUT2D eigenvalue weighted by atomic mass is 19.1. The highest BCUT2D eigenvalue weighted by Gasteiger charge is 2.27. The van der Waals surface area contributed by atoms with Gasteiger partial charge in [0.1, 0.15) is 11.6 Å². The molecule has 29 heavy (non-hydrogen) atoms. The summed E-state index contributed by atoms with van der Waals surface area (Å²) in [6.45, 7) is 5.10. The molecule has 1 fully saturated rings. The Morgan fingerprint density at radius 2 is 1.86 bits per heavy atom. The highest BCUT2D eigenvalue weighted by Crippen LogP contribution is 2.29. The molecule has 1 amide bonds. The third kappa shape index (κ3) is 4.21. The Morgan fingerprint density at radius 1 is 1.14 bits per heavy atom. The van der Waals surface area contributed by atoms with Crippen molar-refractivity contribution in [1.82, 2.24) is 20.2 Å². The number of likely N-dealkylation sites (tertiary alicyclic amines) is 1. The number of halogens is 1. The molecule has 0 atom stereocenters. The summed E-state index contributed by atoms with van der Waals surface area (Å²) in [6.07, 6.45) is 2.65. The Kier molecular flexibility index (Phi) is 5.42. The van der Waals surface area contributed by atoms with Crippen molar-refractivity contribution >= 4 is 5.91 Å². The molecule has 4 rings (SSSR count). The standard InChI is InChI=1S/C21H23FN4O3/c1-13-18(14(2)28-24-13)7-8-19(27)26-11-9-16(10-12-26)21-23-20(25-29-21)15-3-5-17(22)6-4-15/h3-6,16H,7-12H2,1-2H3. The summed E-state index contributed by atoms with van der Waals surface area (Å²) in [4.78, 5) is 18.9. The van der Waals surface area contributed by atoms with Gasteiger partial charge in [-0.3, -0.25) is 4.79 Å². The molecular formula is C21H23FN4O3. The van der Waals surface area contributed by atoms with Crippen molar-refractivity contribution in [2.75, 3.05) is 13.1 Å². The second-order valence-electron chi connectivity index (χ2n) is 7.42. The molecule has 7 nitrogen and oxygen atoms in total. The van der Waals surface area contributed by atoms with Crippen LogP contribution in [0.5, 0.6) is 0 Å². The van der Waals surface area contributed by atoms with E-state index in [1.165, 1.54) is 12.1 Å². The molecule has 152 valence electrons. The molecule has 0 spiro atoms. The van der Waals surface area contributed by atoms with E-state index < -0.39 is 0 Å². The van der Waals surface area contributed by atoms with Crippen molar-refractivity contribution in [2.24, 2.45) is 0 Å². The summed E-state index contributed by atoms with van der Waals surface area (Å²) in [5.74, 6) is 1.78. The predicted molar refractivity (Wildman–Crippen MR) is 103 cm³/mol. The summed E-state index contributed by atoms with van der Waals surface area (Å²) in [6, 6.07) is 6.00. The van der Waals surface area contributed by atoms with Gasteiger partial charge in [-0.15, -0.1) is 0 Å². The van der Waals surface area contributed by atoms with E-state index in [-0.39, 0.29) is 17.6 Å². The molecule has 1 aliphatic rings. The number of aromatic nitrogens is 3. The Balaban J connectivity index is 1.31. The first kappa shape index (κ1) is 19.3. The van der Waals surface area contributed by atoms with Crippen LogP contribution < -0.4 is 0 Å². The number of nitrogens with zero attached hydrogens (tertiary/aromatic N) is 4. The molecule has 1 aromatic carbocycles. The van der Waals surface area contributed by atoms with E-state index in [0.29, 0.717) is 43.2 Å². The molecule has 0 saturated carbocycles. The van der Waals surface area contributed by atoms with Gasteiger partial charge in [-0.2, -0.15) is 4.98 Å². The molecule has 3 aromatic rings. The number of amides is 1. The molecular weight excluding hydrogens is 375 g/mol. The average Bonchev–Trinajstić information content (AvgIpc) is 3.34. The van der Waals surface area contributed by atoms with E-state index in [9.17, 15) is 9.18 Å². The van der Waals surface area contributed by atoms with Gasteiger partial charge in [-0.1, -0.05) is 10.3 Å². The van der Waals surface area contributed by atoms with E-state index in [0.717, 1.165) is 29.9 Å². The number of piperidine rings is 1. The van der Waals surface area contributed by atoms with Gasteiger partial charge in [0.2, 0.25) is 17.6 Å². The second kappa shape index (κ2) is 8.14. The number of hydrogen-bond donors (Lipinski definition) is 0. The fraction of sp³-hybridized carbons (Fsp3) is 0.429. The smallest absolute Gasteiger partial charge is 0.230 e.